The van der Waals surface area contributed by atoms with Gasteiger partial charge in [-0.2, -0.15) is 0 Å². The third-order valence-electron chi connectivity index (χ3n) is 18.4. The van der Waals surface area contributed by atoms with Gasteiger partial charge in [0.05, 0.1) is 40.7 Å². The highest BCUT2D eigenvalue weighted by Crippen LogP contribution is 2.55. The number of aromatic hydroxyl groups is 2. The van der Waals surface area contributed by atoms with Crippen LogP contribution in [-0.4, -0.2) is 33.0 Å². The summed E-state index contributed by atoms with van der Waals surface area (Å²) in [7, 11) is 0. The van der Waals surface area contributed by atoms with E-state index in [4.69, 9.17) is 9.47 Å². The number of nitrogens with zero attached hydrogens (tertiary/aromatic N) is 2. The van der Waals surface area contributed by atoms with Gasteiger partial charge in [0.15, 0.2) is 0 Å². The van der Waals surface area contributed by atoms with Crippen LogP contribution in [0.4, 0.5) is 11.4 Å². The number of anilines is 2. The molecule has 0 spiro atoms. The summed E-state index contributed by atoms with van der Waals surface area (Å²) in [6.45, 7) is 17.0. The summed E-state index contributed by atoms with van der Waals surface area (Å²) in [6.07, 6.45) is 6.98. The van der Waals surface area contributed by atoms with Gasteiger partial charge in [0.2, 0.25) is 0 Å². The predicted molar refractivity (Wildman–Crippen MR) is 370 cm³/mol. The number of phenols is 2. The summed E-state index contributed by atoms with van der Waals surface area (Å²) < 4.78 is 16.1. The number of aromatic nitrogens is 1. The number of phenolic OH excluding ortho intramolecular Hbond substituents is 2. The maximum atomic E-state index is 12.8. The van der Waals surface area contributed by atoms with Crippen molar-refractivity contribution in [1.29, 1.82) is 0 Å². The SMILES string of the molecule is Cc1cc(-c2ccccc2O[C@H](C)CC(C)Oc2ccccc2-c2cc(C)cc(-n3c4ccc(-c5ccccc5C)cc4c4cc(-c5ccccc5C)ccc43)c2O)c(O)c(N2c3ccc(-c4ccccc4C)cc3C3C=C(c4ccccc4C)C=CC32)c1. The summed E-state index contributed by atoms with van der Waals surface area (Å²) in [5, 5.41) is 27.8. The van der Waals surface area contributed by atoms with Crippen LogP contribution in [-0.2, 0) is 0 Å². The second-order valence-corrected chi connectivity index (χ2v) is 24.6. The summed E-state index contributed by atoms with van der Waals surface area (Å²) >= 11 is 0. The van der Waals surface area contributed by atoms with Crippen LogP contribution in [0.25, 0.3) is 88.7 Å². The Morgan fingerprint density at radius 2 is 0.820 bits per heavy atom. The van der Waals surface area contributed by atoms with Crippen molar-refractivity contribution in [3.05, 3.63) is 287 Å². The molecule has 0 bridgehead atoms. The van der Waals surface area contributed by atoms with Gasteiger partial charge >= 0.3 is 0 Å². The molecular formula is C83H72N2O4. The highest BCUT2D eigenvalue weighted by molar-refractivity contribution is 6.12. The average molecular weight is 1160 g/mol. The molecule has 1 aliphatic heterocycles. The molecule has 2 heterocycles. The minimum Gasteiger partial charge on any atom is -0.505 e. The van der Waals surface area contributed by atoms with Gasteiger partial charge in [-0.1, -0.05) is 170 Å². The van der Waals surface area contributed by atoms with E-state index >= 15 is 0 Å². The maximum absolute atomic E-state index is 12.8. The topological polar surface area (TPSA) is 67.1 Å². The Morgan fingerprint density at radius 1 is 0.404 bits per heavy atom. The molecule has 0 saturated carbocycles. The van der Waals surface area contributed by atoms with Gasteiger partial charge in [-0.15, -0.1) is 0 Å². The molecule has 89 heavy (non-hydrogen) atoms. The lowest BCUT2D eigenvalue weighted by molar-refractivity contribution is 0.131. The highest BCUT2D eigenvalue weighted by Gasteiger charge is 2.40. The lowest BCUT2D eigenvalue weighted by atomic mass is 9.84. The number of benzene rings is 11. The van der Waals surface area contributed by atoms with Gasteiger partial charge in [-0.05, 0) is 212 Å². The normalized spacial score (nSPS) is 15.0. The van der Waals surface area contributed by atoms with Crippen molar-refractivity contribution in [1.82, 2.24) is 4.57 Å². The fourth-order valence-electron chi connectivity index (χ4n) is 14.1. The first-order chi connectivity index (χ1) is 43.3. The predicted octanol–water partition coefficient (Wildman–Crippen LogP) is 21.3. The molecule has 0 saturated heterocycles. The number of hydrogen-bond donors (Lipinski definition) is 2. The van der Waals surface area contributed by atoms with Crippen molar-refractivity contribution in [3.63, 3.8) is 0 Å². The molecule has 6 heteroatoms. The number of hydrogen-bond acceptors (Lipinski definition) is 5. The van der Waals surface area contributed by atoms with Crippen LogP contribution in [0.15, 0.2) is 243 Å². The summed E-state index contributed by atoms with van der Waals surface area (Å²) in [5.74, 6) is 1.74. The molecule has 0 fully saturated rings. The molecule has 14 rings (SSSR count). The van der Waals surface area contributed by atoms with E-state index in [1.54, 1.807) is 0 Å². The van der Waals surface area contributed by atoms with E-state index in [2.05, 4.69) is 259 Å². The molecule has 1 aromatic heterocycles. The summed E-state index contributed by atoms with van der Waals surface area (Å²) in [5.41, 5.74) is 25.2. The Hall–Kier alpha value is -10.3. The zero-order chi connectivity index (χ0) is 61.2. The minimum absolute atomic E-state index is 0.0362. The van der Waals surface area contributed by atoms with Crippen molar-refractivity contribution >= 4 is 38.8 Å². The van der Waals surface area contributed by atoms with Gasteiger partial charge in [-0.25, -0.2) is 0 Å². The molecule has 2 N–H and O–H groups in total. The zero-order valence-corrected chi connectivity index (χ0v) is 51.7. The molecular weight excluding hydrogens is 1090 g/mol. The zero-order valence-electron chi connectivity index (χ0n) is 51.7. The first-order valence-electron chi connectivity index (χ1n) is 31.1. The fraction of sp³-hybridized carbons (Fsp3) is 0.157. The lowest BCUT2D eigenvalue weighted by Crippen LogP contribution is -2.29. The molecule has 12 aromatic rings. The Kier molecular flexibility index (Phi) is 14.7. The van der Waals surface area contributed by atoms with E-state index in [1.807, 2.05) is 48.5 Å². The number of allylic oxidation sites excluding steroid dienone is 2. The number of ether oxygens (including phenoxy) is 2. The van der Waals surface area contributed by atoms with E-state index in [0.29, 0.717) is 34.7 Å². The second-order valence-electron chi connectivity index (χ2n) is 24.6. The molecule has 11 aromatic carbocycles. The number of para-hydroxylation sites is 2. The molecule has 3 unspecified atom stereocenters. The van der Waals surface area contributed by atoms with Gasteiger partial charge < -0.3 is 29.2 Å². The van der Waals surface area contributed by atoms with Crippen molar-refractivity contribution in [2.75, 3.05) is 4.90 Å². The van der Waals surface area contributed by atoms with Crippen molar-refractivity contribution in [3.8, 4) is 84.3 Å². The molecule has 2 aliphatic rings. The van der Waals surface area contributed by atoms with Crippen LogP contribution in [0.5, 0.6) is 23.0 Å². The largest absolute Gasteiger partial charge is 0.505 e. The Labute approximate surface area is 522 Å². The minimum atomic E-state index is -0.288. The van der Waals surface area contributed by atoms with Crippen molar-refractivity contribution in [2.24, 2.45) is 0 Å². The average Bonchev–Trinajstić information content (AvgIpc) is 1.61. The van der Waals surface area contributed by atoms with Crippen LogP contribution in [0, 0.1) is 41.5 Å². The van der Waals surface area contributed by atoms with E-state index in [-0.39, 0.29) is 35.7 Å². The second kappa shape index (κ2) is 23.1. The third kappa shape index (κ3) is 10.3. The first kappa shape index (κ1) is 56.5. The maximum Gasteiger partial charge on any atom is 0.147 e. The Bertz CT molecular complexity index is 4730. The van der Waals surface area contributed by atoms with E-state index in [1.165, 1.54) is 61.2 Å². The number of rotatable bonds is 14. The Balaban J connectivity index is 0.758. The van der Waals surface area contributed by atoms with E-state index in [9.17, 15) is 10.2 Å². The van der Waals surface area contributed by atoms with Crippen LogP contribution in [0.3, 0.4) is 0 Å². The van der Waals surface area contributed by atoms with Gasteiger partial charge in [0.25, 0.3) is 0 Å². The molecule has 0 amide bonds. The summed E-state index contributed by atoms with van der Waals surface area (Å²) in [6, 6.07) is 78.7. The van der Waals surface area contributed by atoms with Gasteiger partial charge in [0, 0.05) is 51.1 Å². The van der Waals surface area contributed by atoms with Crippen LogP contribution >= 0.6 is 0 Å². The smallest absolute Gasteiger partial charge is 0.147 e. The molecule has 1 aliphatic carbocycles. The highest BCUT2D eigenvalue weighted by atomic mass is 16.5. The Morgan fingerprint density at radius 3 is 1.31 bits per heavy atom. The fourth-order valence-corrected chi connectivity index (χ4v) is 14.1. The van der Waals surface area contributed by atoms with Crippen molar-refractivity contribution in [2.45, 2.75) is 86.0 Å². The monoisotopic (exact) mass is 1160 g/mol. The van der Waals surface area contributed by atoms with Crippen LogP contribution in [0.2, 0.25) is 0 Å². The van der Waals surface area contributed by atoms with Crippen LogP contribution in [0.1, 0.15) is 70.7 Å². The van der Waals surface area contributed by atoms with Crippen LogP contribution < -0.4 is 14.4 Å². The van der Waals surface area contributed by atoms with Crippen molar-refractivity contribution < 1.29 is 19.7 Å². The van der Waals surface area contributed by atoms with Gasteiger partial charge in [-0.3, -0.25) is 0 Å². The van der Waals surface area contributed by atoms with E-state index in [0.717, 1.165) is 66.6 Å². The van der Waals surface area contributed by atoms with E-state index < -0.39 is 0 Å². The lowest BCUT2D eigenvalue weighted by Gasteiger charge is -2.31. The quantitative estimate of drug-likeness (QED) is 0.114. The third-order valence-corrected chi connectivity index (χ3v) is 18.4. The standard InChI is InChI=1S/C83H72N2O4/c1-50-41-72(82(86)78(43-50)84-74-37-33-58(62-25-13-9-21-52(62)3)46-68(74)69-47-59(34-38-75(69)84)63-26-14-10-22-53(63)4)66-29-17-19-31-80(66)88-56(7)45-57(8)89-81-32-20-18-30-67(81)73-42-51(2)44-79(83(73)87)85-76-39-35-60(64-27-15-11-23-54(64)5)48-70(76)71-49-61(36-40-77(71)85)65-28-16-12-24-55(65)6/h9-44,46-49,56-57,68,74,86-87H,45H2,1-8H3/t56-,57?,68?,74?/m1/s1. The molecule has 6 nitrogen and oxygen atoms in total. The number of fused-ring (bicyclic) bond motifs is 6. The molecule has 4 atom stereocenters. The molecule has 0 radical (unpaired) electrons. The van der Waals surface area contributed by atoms with Gasteiger partial charge in [0.1, 0.15) is 23.0 Å². The summed E-state index contributed by atoms with van der Waals surface area (Å²) in [4.78, 5) is 2.34. The first-order valence-corrected chi connectivity index (χ1v) is 31.1. The molecule has 438 valence electrons. The number of aryl methyl sites for hydroxylation is 6.